The summed E-state index contributed by atoms with van der Waals surface area (Å²) in [5.74, 6) is 0. The Bertz CT molecular complexity index is 411. The van der Waals surface area contributed by atoms with Crippen LogP contribution in [0.1, 0.15) is 31.4 Å². The summed E-state index contributed by atoms with van der Waals surface area (Å²) >= 11 is 0. The molecule has 1 aliphatic carbocycles. The fourth-order valence-electron chi connectivity index (χ4n) is 2.90. The predicted octanol–water partition coefficient (Wildman–Crippen LogP) is 2.41. The molecule has 1 saturated carbocycles. The van der Waals surface area contributed by atoms with Crippen molar-refractivity contribution in [2.75, 3.05) is 20.7 Å². The number of aliphatic hydroxyl groups is 1. The monoisotopic (exact) mass is 233 g/mol. The summed E-state index contributed by atoms with van der Waals surface area (Å²) in [6.45, 7) is 5.69. The fraction of sp³-hybridized carbons (Fsp3) is 0.600. The van der Waals surface area contributed by atoms with Gasteiger partial charge < -0.3 is 10.0 Å². The molecule has 1 N–H and O–H groups in total. The highest BCUT2D eigenvalue weighted by Gasteiger charge is 2.61. The van der Waals surface area contributed by atoms with Crippen LogP contribution in [0.25, 0.3) is 0 Å². The molecule has 2 heteroatoms. The molecule has 1 aliphatic rings. The Balaban J connectivity index is 2.28. The van der Waals surface area contributed by atoms with E-state index < -0.39 is 0 Å². The fourth-order valence-corrected chi connectivity index (χ4v) is 2.90. The van der Waals surface area contributed by atoms with Gasteiger partial charge in [-0.05, 0) is 37.1 Å². The summed E-state index contributed by atoms with van der Waals surface area (Å²) in [7, 11) is 4.16. The second-order valence-corrected chi connectivity index (χ2v) is 6.24. The second kappa shape index (κ2) is 4.11. The number of nitrogens with zero attached hydrogens (tertiary/aromatic N) is 1. The van der Waals surface area contributed by atoms with Crippen molar-refractivity contribution in [3.05, 3.63) is 35.4 Å². The number of aliphatic hydroxyl groups excluding tert-OH is 1. The molecule has 0 spiro atoms. The van der Waals surface area contributed by atoms with E-state index in [9.17, 15) is 5.11 Å². The van der Waals surface area contributed by atoms with Gasteiger partial charge in [0.1, 0.15) is 0 Å². The summed E-state index contributed by atoms with van der Waals surface area (Å²) in [6.07, 6.45) is 1.09. The van der Waals surface area contributed by atoms with Gasteiger partial charge in [-0.1, -0.05) is 38.1 Å². The molecule has 0 heterocycles. The molecule has 0 amide bonds. The maximum atomic E-state index is 9.71. The van der Waals surface area contributed by atoms with E-state index in [-0.39, 0.29) is 17.4 Å². The average molecular weight is 233 g/mol. The molecule has 94 valence electrons. The van der Waals surface area contributed by atoms with Crippen molar-refractivity contribution in [1.29, 1.82) is 0 Å². The molecule has 2 nitrogen and oxygen atoms in total. The van der Waals surface area contributed by atoms with E-state index >= 15 is 0 Å². The first-order valence-corrected chi connectivity index (χ1v) is 6.26. The van der Waals surface area contributed by atoms with Gasteiger partial charge in [0, 0.05) is 12.0 Å². The highest BCUT2D eigenvalue weighted by Crippen LogP contribution is 2.63. The Hall–Kier alpha value is -0.860. The van der Waals surface area contributed by atoms with Gasteiger partial charge in [0.15, 0.2) is 0 Å². The first-order valence-electron chi connectivity index (χ1n) is 6.26. The Morgan fingerprint density at radius 2 is 1.94 bits per heavy atom. The van der Waals surface area contributed by atoms with Crippen LogP contribution in [-0.4, -0.2) is 30.7 Å². The van der Waals surface area contributed by atoms with Gasteiger partial charge in [-0.2, -0.15) is 0 Å². The Kier molecular flexibility index (Phi) is 3.04. The van der Waals surface area contributed by atoms with Gasteiger partial charge in [0.25, 0.3) is 0 Å². The smallest absolute Gasteiger partial charge is 0.0533 e. The molecule has 1 aromatic rings. The van der Waals surface area contributed by atoms with Gasteiger partial charge in [-0.15, -0.1) is 0 Å². The van der Waals surface area contributed by atoms with E-state index in [4.69, 9.17) is 0 Å². The molecule has 0 radical (unpaired) electrons. The first kappa shape index (κ1) is 12.6. The maximum absolute atomic E-state index is 9.71. The number of rotatable bonds is 4. The lowest BCUT2D eigenvalue weighted by Gasteiger charge is -2.20. The van der Waals surface area contributed by atoms with E-state index in [1.807, 2.05) is 0 Å². The quantitative estimate of drug-likeness (QED) is 0.863. The Labute approximate surface area is 104 Å². The van der Waals surface area contributed by atoms with Crippen LogP contribution in [0.3, 0.4) is 0 Å². The molecule has 1 unspecified atom stereocenters. The molecule has 17 heavy (non-hydrogen) atoms. The molecule has 0 saturated heterocycles. The van der Waals surface area contributed by atoms with Crippen LogP contribution in [0.15, 0.2) is 24.3 Å². The van der Waals surface area contributed by atoms with Gasteiger partial charge in [0.2, 0.25) is 0 Å². The van der Waals surface area contributed by atoms with Crippen LogP contribution in [-0.2, 0) is 12.0 Å². The molecule has 1 aromatic carbocycles. The Morgan fingerprint density at radius 3 is 2.41 bits per heavy atom. The van der Waals surface area contributed by atoms with Crippen LogP contribution in [0, 0.1) is 5.41 Å². The lowest BCUT2D eigenvalue weighted by atomic mass is 9.88. The number of hydrogen-bond acceptors (Lipinski definition) is 2. The van der Waals surface area contributed by atoms with Crippen molar-refractivity contribution in [1.82, 2.24) is 4.90 Å². The molecule has 0 bridgehead atoms. The van der Waals surface area contributed by atoms with Gasteiger partial charge in [0.05, 0.1) is 6.61 Å². The maximum Gasteiger partial charge on any atom is 0.0533 e. The largest absolute Gasteiger partial charge is 0.395 e. The van der Waals surface area contributed by atoms with Crippen LogP contribution < -0.4 is 0 Å². The topological polar surface area (TPSA) is 23.5 Å². The number of benzene rings is 1. The third-order valence-electron chi connectivity index (χ3n) is 4.16. The van der Waals surface area contributed by atoms with Gasteiger partial charge in [-0.25, -0.2) is 0 Å². The highest BCUT2D eigenvalue weighted by molar-refractivity contribution is 5.39. The normalized spacial score (nSPS) is 26.2. The van der Waals surface area contributed by atoms with Crippen LogP contribution in [0.4, 0.5) is 0 Å². The van der Waals surface area contributed by atoms with Crippen molar-refractivity contribution < 1.29 is 5.11 Å². The van der Waals surface area contributed by atoms with E-state index in [0.717, 1.165) is 13.0 Å². The second-order valence-electron chi connectivity index (χ2n) is 6.24. The minimum absolute atomic E-state index is 0.00464. The third-order valence-corrected chi connectivity index (χ3v) is 4.16. The minimum Gasteiger partial charge on any atom is -0.395 e. The zero-order valence-electron chi connectivity index (χ0n) is 11.3. The molecule has 0 aliphatic heterocycles. The van der Waals surface area contributed by atoms with Crippen LogP contribution in [0.2, 0.25) is 0 Å². The zero-order valence-corrected chi connectivity index (χ0v) is 11.3. The van der Waals surface area contributed by atoms with Crippen LogP contribution in [0.5, 0.6) is 0 Å². The molecular weight excluding hydrogens is 210 g/mol. The summed E-state index contributed by atoms with van der Waals surface area (Å²) in [4.78, 5) is 2.17. The summed E-state index contributed by atoms with van der Waals surface area (Å²) < 4.78 is 0. The van der Waals surface area contributed by atoms with Crippen molar-refractivity contribution in [3.63, 3.8) is 0 Å². The van der Waals surface area contributed by atoms with Crippen LogP contribution >= 0.6 is 0 Å². The lowest BCUT2D eigenvalue weighted by molar-refractivity contribution is 0.231. The molecule has 2 rings (SSSR count). The van der Waals surface area contributed by atoms with Crippen molar-refractivity contribution >= 4 is 0 Å². The molecule has 0 aromatic heterocycles. The summed E-state index contributed by atoms with van der Waals surface area (Å²) in [5.41, 5.74) is 2.85. The third kappa shape index (κ3) is 2.12. The molecule has 1 atom stereocenters. The molecular formula is C15H23NO. The van der Waals surface area contributed by atoms with Crippen molar-refractivity contribution in [2.45, 2.75) is 32.2 Å². The summed E-state index contributed by atoms with van der Waals surface area (Å²) in [6, 6.07) is 8.68. The average Bonchev–Trinajstić information content (AvgIpc) is 2.82. The standard InChI is InChI=1S/C15H23NO/c1-14(2)10-15(14,11-17)13-7-5-6-12(8-13)9-16(3)4/h5-8,17H,9-11H2,1-4H3. The SMILES string of the molecule is CN(C)Cc1cccc(C2(CO)CC2(C)C)c1. The van der Waals surface area contributed by atoms with Gasteiger partial charge in [-0.3, -0.25) is 0 Å². The minimum atomic E-state index is -0.00464. The number of hydrogen-bond donors (Lipinski definition) is 1. The highest BCUT2D eigenvalue weighted by atomic mass is 16.3. The van der Waals surface area contributed by atoms with E-state index in [1.54, 1.807) is 0 Å². The first-order chi connectivity index (χ1) is 7.91. The Morgan fingerprint density at radius 1 is 1.29 bits per heavy atom. The lowest BCUT2D eigenvalue weighted by Crippen LogP contribution is -2.20. The van der Waals surface area contributed by atoms with E-state index in [0.29, 0.717) is 0 Å². The predicted molar refractivity (Wildman–Crippen MR) is 71.0 cm³/mol. The summed E-state index contributed by atoms with van der Waals surface area (Å²) in [5, 5.41) is 9.71. The van der Waals surface area contributed by atoms with Crippen molar-refractivity contribution in [2.24, 2.45) is 5.41 Å². The van der Waals surface area contributed by atoms with Gasteiger partial charge >= 0.3 is 0 Å². The zero-order chi connectivity index (χ0) is 12.7. The van der Waals surface area contributed by atoms with E-state index in [1.165, 1.54) is 11.1 Å². The molecule has 1 fully saturated rings. The van der Waals surface area contributed by atoms with E-state index in [2.05, 4.69) is 57.1 Å². The van der Waals surface area contributed by atoms with Crippen molar-refractivity contribution in [3.8, 4) is 0 Å².